The number of fused-ring (bicyclic) bond motifs is 1. The van der Waals surface area contributed by atoms with Crippen molar-refractivity contribution in [3.63, 3.8) is 0 Å². The highest BCUT2D eigenvalue weighted by Gasteiger charge is 2.37. The Morgan fingerprint density at radius 1 is 0.973 bits per heavy atom. The lowest BCUT2D eigenvalue weighted by Gasteiger charge is -2.33. The van der Waals surface area contributed by atoms with Crippen LogP contribution in [0.5, 0.6) is 0 Å². The standard InChI is InChI=1S/C29H28F5NO2/c30-21-11-7-17(8-12-21)24-25-22(13-16(15-36)14-23(25)37)35-28(19-3-1-2-4-19)26(24)27(31)18-5-9-20(10-6-18)29(32,33)34/h5-12,16,19,23,27,36-37H,1-4,13-15H2. The summed E-state index contributed by atoms with van der Waals surface area (Å²) in [4.78, 5) is 4.89. The van der Waals surface area contributed by atoms with E-state index in [9.17, 15) is 27.8 Å². The van der Waals surface area contributed by atoms with Gasteiger partial charge in [0, 0.05) is 29.3 Å². The molecule has 0 amide bonds. The van der Waals surface area contributed by atoms with Crippen LogP contribution in [0.2, 0.25) is 0 Å². The number of aliphatic hydroxyl groups is 2. The van der Waals surface area contributed by atoms with Crippen LogP contribution in [-0.4, -0.2) is 21.8 Å². The van der Waals surface area contributed by atoms with Crippen LogP contribution in [0.15, 0.2) is 48.5 Å². The van der Waals surface area contributed by atoms with E-state index in [0.717, 1.165) is 49.9 Å². The Kier molecular flexibility index (Phi) is 7.07. The topological polar surface area (TPSA) is 53.4 Å². The molecule has 5 rings (SSSR count). The fraction of sp³-hybridized carbons (Fsp3) is 0.414. The molecular weight excluding hydrogens is 489 g/mol. The van der Waals surface area contributed by atoms with Crippen LogP contribution in [0, 0.1) is 11.7 Å². The maximum absolute atomic E-state index is 16.6. The summed E-state index contributed by atoms with van der Waals surface area (Å²) in [5, 5.41) is 20.9. The van der Waals surface area contributed by atoms with Gasteiger partial charge in [0.1, 0.15) is 5.82 Å². The summed E-state index contributed by atoms with van der Waals surface area (Å²) in [7, 11) is 0. The molecule has 1 saturated carbocycles. The highest BCUT2D eigenvalue weighted by Crippen LogP contribution is 2.49. The number of benzene rings is 2. The summed E-state index contributed by atoms with van der Waals surface area (Å²) in [6.45, 7) is -0.123. The van der Waals surface area contributed by atoms with Crippen molar-refractivity contribution in [1.82, 2.24) is 4.98 Å². The van der Waals surface area contributed by atoms with Gasteiger partial charge in [0.15, 0.2) is 6.17 Å². The van der Waals surface area contributed by atoms with E-state index in [1.807, 2.05) is 0 Å². The molecule has 1 fully saturated rings. The molecule has 8 heteroatoms. The third kappa shape index (κ3) is 5.01. The molecule has 0 radical (unpaired) electrons. The van der Waals surface area contributed by atoms with Gasteiger partial charge in [-0.2, -0.15) is 13.2 Å². The van der Waals surface area contributed by atoms with Gasteiger partial charge in [-0.05, 0) is 72.6 Å². The summed E-state index contributed by atoms with van der Waals surface area (Å²) in [5.74, 6) is -0.710. The first kappa shape index (κ1) is 25.8. The highest BCUT2D eigenvalue weighted by atomic mass is 19.4. The van der Waals surface area contributed by atoms with Crippen LogP contribution in [0.3, 0.4) is 0 Å². The largest absolute Gasteiger partial charge is 0.416 e. The second kappa shape index (κ2) is 10.1. The molecule has 3 atom stereocenters. The van der Waals surface area contributed by atoms with Gasteiger partial charge >= 0.3 is 6.18 Å². The zero-order valence-electron chi connectivity index (χ0n) is 20.1. The van der Waals surface area contributed by atoms with Gasteiger partial charge in [0.25, 0.3) is 0 Å². The molecule has 2 aromatic carbocycles. The van der Waals surface area contributed by atoms with E-state index in [-0.39, 0.29) is 36.0 Å². The number of aromatic nitrogens is 1. The molecule has 2 aliphatic carbocycles. The van der Waals surface area contributed by atoms with Gasteiger partial charge in [-0.3, -0.25) is 4.98 Å². The monoisotopic (exact) mass is 517 g/mol. The van der Waals surface area contributed by atoms with E-state index < -0.39 is 29.8 Å². The highest BCUT2D eigenvalue weighted by molar-refractivity contribution is 5.75. The van der Waals surface area contributed by atoms with Crippen LogP contribution in [0.1, 0.15) is 83.9 Å². The Morgan fingerprint density at radius 3 is 2.22 bits per heavy atom. The van der Waals surface area contributed by atoms with Gasteiger partial charge < -0.3 is 10.2 Å². The Bertz CT molecular complexity index is 1250. The van der Waals surface area contributed by atoms with Crippen molar-refractivity contribution < 1.29 is 32.2 Å². The summed E-state index contributed by atoms with van der Waals surface area (Å²) in [6, 6.07) is 9.57. The van der Waals surface area contributed by atoms with Gasteiger partial charge in [0.05, 0.1) is 17.4 Å². The number of halogens is 5. The van der Waals surface area contributed by atoms with Gasteiger partial charge in [0.2, 0.25) is 0 Å². The number of nitrogens with zero attached hydrogens (tertiary/aromatic N) is 1. The molecule has 2 aliphatic rings. The predicted octanol–water partition coefficient (Wildman–Crippen LogP) is 7.21. The van der Waals surface area contributed by atoms with E-state index in [4.69, 9.17) is 4.98 Å². The molecule has 37 heavy (non-hydrogen) atoms. The van der Waals surface area contributed by atoms with Crippen molar-refractivity contribution in [2.45, 2.75) is 62.9 Å². The van der Waals surface area contributed by atoms with Crippen LogP contribution in [-0.2, 0) is 12.6 Å². The number of aliphatic hydroxyl groups excluding tert-OH is 2. The van der Waals surface area contributed by atoms with E-state index in [1.54, 1.807) is 0 Å². The molecule has 0 saturated heterocycles. The van der Waals surface area contributed by atoms with Crippen LogP contribution in [0.4, 0.5) is 22.0 Å². The molecule has 1 heterocycles. The number of alkyl halides is 4. The maximum Gasteiger partial charge on any atom is 0.416 e. The van der Waals surface area contributed by atoms with E-state index in [0.29, 0.717) is 34.5 Å². The first-order valence-electron chi connectivity index (χ1n) is 12.6. The predicted molar refractivity (Wildman–Crippen MR) is 129 cm³/mol. The lowest BCUT2D eigenvalue weighted by molar-refractivity contribution is -0.137. The van der Waals surface area contributed by atoms with Crippen molar-refractivity contribution in [3.05, 3.63) is 88.0 Å². The Balaban J connectivity index is 1.76. The van der Waals surface area contributed by atoms with E-state index in [2.05, 4.69) is 0 Å². The molecule has 0 spiro atoms. The molecule has 196 valence electrons. The first-order valence-corrected chi connectivity index (χ1v) is 12.6. The SMILES string of the molecule is OCC1Cc2nc(C3CCCC3)c(C(F)c3ccc(C(F)(F)F)cc3)c(-c3ccc(F)cc3)c2C(O)C1. The number of pyridine rings is 1. The third-order valence-corrected chi connectivity index (χ3v) is 7.67. The lowest BCUT2D eigenvalue weighted by atomic mass is 9.77. The Morgan fingerprint density at radius 2 is 1.62 bits per heavy atom. The minimum absolute atomic E-state index is 0.0427. The third-order valence-electron chi connectivity index (χ3n) is 7.67. The Labute approximate surface area is 212 Å². The van der Waals surface area contributed by atoms with Gasteiger partial charge in [-0.25, -0.2) is 8.78 Å². The van der Waals surface area contributed by atoms with Crippen molar-refractivity contribution in [2.75, 3.05) is 6.61 Å². The van der Waals surface area contributed by atoms with E-state index in [1.165, 1.54) is 24.3 Å². The van der Waals surface area contributed by atoms with Crippen molar-refractivity contribution in [2.24, 2.45) is 5.92 Å². The van der Waals surface area contributed by atoms with Gasteiger partial charge in [-0.15, -0.1) is 0 Å². The second-order valence-corrected chi connectivity index (χ2v) is 10.1. The van der Waals surface area contributed by atoms with Crippen molar-refractivity contribution >= 4 is 0 Å². The number of rotatable bonds is 5. The van der Waals surface area contributed by atoms with Crippen LogP contribution >= 0.6 is 0 Å². The minimum atomic E-state index is -4.54. The smallest absolute Gasteiger partial charge is 0.396 e. The number of hydrogen-bond donors (Lipinski definition) is 2. The fourth-order valence-electron chi connectivity index (χ4n) is 5.83. The normalized spacial score (nSPS) is 21.2. The fourth-order valence-corrected chi connectivity index (χ4v) is 5.83. The van der Waals surface area contributed by atoms with Crippen molar-refractivity contribution in [3.8, 4) is 11.1 Å². The molecule has 0 aliphatic heterocycles. The summed E-state index contributed by atoms with van der Waals surface area (Å²) >= 11 is 0. The first-order chi connectivity index (χ1) is 17.7. The second-order valence-electron chi connectivity index (χ2n) is 10.1. The van der Waals surface area contributed by atoms with Gasteiger partial charge in [-0.1, -0.05) is 37.1 Å². The van der Waals surface area contributed by atoms with E-state index >= 15 is 4.39 Å². The molecule has 2 N–H and O–H groups in total. The lowest BCUT2D eigenvalue weighted by Crippen LogP contribution is -2.25. The molecule has 3 nitrogen and oxygen atoms in total. The molecule has 0 bridgehead atoms. The molecule has 3 unspecified atom stereocenters. The number of hydrogen-bond acceptors (Lipinski definition) is 3. The summed E-state index contributed by atoms with van der Waals surface area (Å²) < 4.78 is 69.8. The zero-order valence-corrected chi connectivity index (χ0v) is 20.1. The summed E-state index contributed by atoms with van der Waals surface area (Å²) in [5.41, 5.74) is 1.90. The maximum atomic E-state index is 16.6. The Hall–Kier alpha value is -2.84. The molecular formula is C29H28F5NO2. The van der Waals surface area contributed by atoms with Crippen LogP contribution < -0.4 is 0 Å². The van der Waals surface area contributed by atoms with Crippen LogP contribution in [0.25, 0.3) is 11.1 Å². The molecule has 1 aromatic heterocycles. The van der Waals surface area contributed by atoms with Crippen molar-refractivity contribution in [1.29, 1.82) is 0 Å². The average Bonchev–Trinajstić information content (AvgIpc) is 3.42. The quantitative estimate of drug-likeness (QED) is 0.352. The average molecular weight is 518 g/mol. The summed E-state index contributed by atoms with van der Waals surface area (Å²) in [6.07, 6.45) is -3.20. The zero-order chi connectivity index (χ0) is 26.3. The molecule has 3 aromatic rings. The minimum Gasteiger partial charge on any atom is -0.396 e.